The highest BCUT2D eigenvalue weighted by Crippen LogP contribution is 2.33. The van der Waals surface area contributed by atoms with Gasteiger partial charge in [-0.05, 0) is 85.6 Å². The standard InChI is InChI=1S/C17H24F2N2O4.C17H23F2NO4/c1-11(20-15(23)25-16(2,3)4)12-8-7-9-13(10-12)17(18,19)14(22)21(5)24-6;1-6-23-14(21)17(18,19)13-9-7-8-12(10-13)11(2)20-15(22)24-16(3,4)5/h7-11H,1-6H3,(H,20,23);7-11H,6H2,1-5H3,(H,20,22)/t2*11-/m11/s1. The number of carbonyl (C=O) groups is 4. The van der Waals surface area contributed by atoms with Crippen molar-refractivity contribution < 1.29 is 55.8 Å². The van der Waals surface area contributed by atoms with Gasteiger partial charge in [0.25, 0.3) is 0 Å². The first-order valence-corrected chi connectivity index (χ1v) is 15.3. The van der Waals surface area contributed by atoms with Crippen LogP contribution in [-0.4, -0.2) is 61.1 Å². The minimum absolute atomic E-state index is 0.134. The van der Waals surface area contributed by atoms with E-state index in [0.29, 0.717) is 16.2 Å². The zero-order valence-electron chi connectivity index (χ0n) is 29.7. The Morgan fingerprint density at radius 1 is 0.735 bits per heavy atom. The van der Waals surface area contributed by atoms with Crippen molar-refractivity contribution in [1.29, 1.82) is 0 Å². The molecule has 0 aromatic heterocycles. The van der Waals surface area contributed by atoms with Crippen LogP contribution in [0.4, 0.5) is 27.2 Å². The Morgan fingerprint density at radius 2 is 1.12 bits per heavy atom. The van der Waals surface area contributed by atoms with Crippen LogP contribution in [0.1, 0.15) is 96.7 Å². The van der Waals surface area contributed by atoms with Crippen molar-refractivity contribution in [3.05, 3.63) is 70.8 Å². The predicted octanol–water partition coefficient (Wildman–Crippen LogP) is 7.31. The molecule has 0 bridgehead atoms. The molecule has 2 atom stereocenters. The molecule has 0 fully saturated rings. The number of ether oxygens (including phenoxy) is 3. The lowest BCUT2D eigenvalue weighted by atomic mass is 10.0. The number of alkyl halides is 4. The number of alkyl carbamates (subject to hydrolysis) is 2. The molecule has 2 rings (SSSR count). The summed E-state index contributed by atoms with van der Waals surface area (Å²) in [6.07, 6.45) is -1.31. The number of likely N-dealkylation sites (N-methyl/N-ethyl adjacent to an activating group) is 1. The molecule has 0 aliphatic carbocycles. The van der Waals surface area contributed by atoms with Crippen molar-refractivity contribution in [2.75, 3.05) is 20.8 Å². The van der Waals surface area contributed by atoms with Crippen molar-refractivity contribution in [2.24, 2.45) is 0 Å². The van der Waals surface area contributed by atoms with E-state index >= 15 is 0 Å². The van der Waals surface area contributed by atoms with Crippen molar-refractivity contribution in [2.45, 2.75) is 97.4 Å². The van der Waals surface area contributed by atoms with Crippen LogP contribution in [-0.2, 0) is 40.5 Å². The van der Waals surface area contributed by atoms with Crippen molar-refractivity contribution in [1.82, 2.24) is 15.7 Å². The van der Waals surface area contributed by atoms with Crippen LogP contribution in [0.15, 0.2) is 48.5 Å². The molecule has 3 amide bonds. The molecule has 0 aliphatic heterocycles. The van der Waals surface area contributed by atoms with Crippen LogP contribution in [0.25, 0.3) is 0 Å². The summed E-state index contributed by atoms with van der Waals surface area (Å²) in [6.45, 7) is 14.9. The Bertz CT molecular complexity index is 1440. The van der Waals surface area contributed by atoms with Gasteiger partial charge in [0.1, 0.15) is 11.2 Å². The fraction of sp³-hybridized carbons (Fsp3) is 0.529. The van der Waals surface area contributed by atoms with E-state index in [1.807, 2.05) is 0 Å². The van der Waals surface area contributed by atoms with Gasteiger partial charge in [-0.2, -0.15) is 17.6 Å². The number of rotatable bonds is 10. The van der Waals surface area contributed by atoms with Gasteiger partial charge in [-0.25, -0.2) is 19.4 Å². The van der Waals surface area contributed by atoms with Gasteiger partial charge in [0, 0.05) is 18.2 Å². The summed E-state index contributed by atoms with van der Waals surface area (Å²) < 4.78 is 71.5. The SMILES string of the molecule is CCOC(=O)C(F)(F)c1cccc([C@@H](C)NC(=O)OC(C)(C)C)c1.CON(C)C(=O)C(F)(F)c1cccc([C@@H](C)NC(=O)OC(C)(C)C)c1. The summed E-state index contributed by atoms with van der Waals surface area (Å²) in [5, 5.41) is 5.60. The number of benzene rings is 2. The molecule has 15 heteroatoms. The maximum absolute atomic E-state index is 14.3. The molecule has 274 valence electrons. The molecule has 2 aromatic carbocycles. The zero-order valence-corrected chi connectivity index (χ0v) is 29.7. The number of nitrogens with zero attached hydrogens (tertiary/aromatic N) is 1. The predicted molar refractivity (Wildman–Crippen MR) is 173 cm³/mol. The fourth-order valence-electron chi connectivity index (χ4n) is 3.89. The third-order valence-electron chi connectivity index (χ3n) is 6.33. The number of hydroxylamine groups is 2. The monoisotopic (exact) mass is 701 g/mol. The third kappa shape index (κ3) is 13.6. The van der Waals surface area contributed by atoms with E-state index in [-0.39, 0.29) is 6.61 Å². The minimum Gasteiger partial charge on any atom is -0.461 e. The van der Waals surface area contributed by atoms with Crippen LogP contribution in [0.3, 0.4) is 0 Å². The van der Waals surface area contributed by atoms with E-state index in [4.69, 9.17) is 9.47 Å². The van der Waals surface area contributed by atoms with Gasteiger partial charge in [-0.15, -0.1) is 0 Å². The smallest absolute Gasteiger partial charge is 0.408 e. The van der Waals surface area contributed by atoms with Gasteiger partial charge in [-0.3, -0.25) is 9.63 Å². The molecule has 0 aliphatic rings. The molecular weight excluding hydrogens is 654 g/mol. The Balaban J connectivity index is 0.000000490. The Kier molecular flexibility index (Phi) is 15.1. The van der Waals surface area contributed by atoms with Crippen LogP contribution >= 0.6 is 0 Å². The van der Waals surface area contributed by atoms with Gasteiger partial charge in [0.05, 0.1) is 25.8 Å². The quantitative estimate of drug-likeness (QED) is 0.114. The maximum atomic E-state index is 14.3. The molecule has 2 N–H and O–H groups in total. The maximum Gasteiger partial charge on any atom is 0.408 e. The number of hydrogen-bond donors (Lipinski definition) is 2. The first-order valence-electron chi connectivity index (χ1n) is 15.3. The third-order valence-corrected chi connectivity index (χ3v) is 6.33. The molecule has 0 saturated carbocycles. The largest absolute Gasteiger partial charge is 0.461 e. The Hall–Kier alpha value is -4.40. The summed E-state index contributed by atoms with van der Waals surface area (Å²) in [6, 6.07) is 9.41. The second kappa shape index (κ2) is 17.3. The van der Waals surface area contributed by atoms with Crippen LogP contribution < -0.4 is 10.6 Å². The number of esters is 1. The summed E-state index contributed by atoms with van der Waals surface area (Å²) in [5.74, 6) is -10.6. The molecule has 0 unspecified atom stereocenters. The lowest BCUT2D eigenvalue weighted by molar-refractivity contribution is -0.195. The topological polar surface area (TPSA) is 132 Å². The lowest BCUT2D eigenvalue weighted by Gasteiger charge is -2.24. The second-order valence-electron chi connectivity index (χ2n) is 12.8. The number of halogens is 4. The normalized spacial score (nSPS) is 13.1. The highest BCUT2D eigenvalue weighted by Gasteiger charge is 2.44. The van der Waals surface area contributed by atoms with Gasteiger partial charge in [0.2, 0.25) is 0 Å². The molecule has 11 nitrogen and oxygen atoms in total. The minimum atomic E-state index is -3.76. The van der Waals surface area contributed by atoms with E-state index in [0.717, 1.165) is 26.3 Å². The molecule has 0 saturated heterocycles. The van der Waals surface area contributed by atoms with E-state index < -0.39 is 70.3 Å². The molecule has 2 aromatic rings. The average molecular weight is 702 g/mol. The van der Waals surface area contributed by atoms with Crippen LogP contribution in [0, 0.1) is 0 Å². The van der Waals surface area contributed by atoms with E-state index in [9.17, 15) is 36.7 Å². The van der Waals surface area contributed by atoms with Crippen molar-refractivity contribution in [3.8, 4) is 0 Å². The highest BCUT2D eigenvalue weighted by molar-refractivity contribution is 5.84. The summed E-state index contributed by atoms with van der Waals surface area (Å²) in [5.41, 5.74) is -1.48. The number of nitrogens with one attached hydrogen (secondary N) is 2. The number of carbonyl (C=O) groups excluding carboxylic acids is 4. The summed E-state index contributed by atoms with van der Waals surface area (Å²) >= 11 is 0. The Morgan fingerprint density at radius 3 is 1.47 bits per heavy atom. The van der Waals surface area contributed by atoms with Crippen LogP contribution in [0.2, 0.25) is 0 Å². The Labute approximate surface area is 284 Å². The van der Waals surface area contributed by atoms with Gasteiger partial charge >= 0.3 is 35.9 Å². The van der Waals surface area contributed by atoms with Crippen molar-refractivity contribution in [3.63, 3.8) is 0 Å². The number of amides is 3. The number of hydrogen-bond acceptors (Lipinski definition) is 8. The van der Waals surface area contributed by atoms with Gasteiger partial charge in [0.15, 0.2) is 0 Å². The van der Waals surface area contributed by atoms with Gasteiger partial charge in [-0.1, -0.05) is 36.4 Å². The summed E-state index contributed by atoms with van der Waals surface area (Å²) in [4.78, 5) is 51.3. The average Bonchev–Trinajstić information content (AvgIpc) is 2.98. The van der Waals surface area contributed by atoms with E-state index in [2.05, 4.69) is 20.2 Å². The second-order valence-corrected chi connectivity index (χ2v) is 12.8. The molecule has 0 radical (unpaired) electrons. The molecular formula is C34H47F4N3O8. The zero-order chi connectivity index (χ0) is 38.0. The van der Waals surface area contributed by atoms with Crippen molar-refractivity contribution >= 4 is 24.1 Å². The first kappa shape index (κ1) is 42.6. The van der Waals surface area contributed by atoms with E-state index in [1.165, 1.54) is 31.2 Å². The van der Waals surface area contributed by atoms with Crippen LogP contribution in [0.5, 0.6) is 0 Å². The molecule has 0 spiro atoms. The fourth-order valence-corrected chi connectivity index (χ4v) is 3.89. The molecule has 49 heavy (non-hydrogen) atoms. The first-order chi connectivity index (χ1) is 22.3. The molecule has 0 heterocycles. The van der Waals surface area contributed by atoms with E-state index in [1.54, 1.807) is 67.5 Å². The lowest BCUT2D eigenvalue weighted by Crippen LogP contribution is -2.39. The highest BCUT2D eigenvalue weighted by atomic mass is 19.3. The van der Waals surface area contributed by atoms with Gasteiger partial charge < -0.3 is 24.8 Å². The summed E-state index contributed by atoms with van der Waals surface area (Å²) in [7, 11) is 2.23.